The molecule has 0 fully saturated rings. The van der Waals surface area contributed by atoms with Crippen LogP contribution in [0.25, 0.3) is 22.4 Å². The Morgan fingerprint density at radius 2 is 2.00 bits per heavy atom. The van der Waals surface area contributed by atoms with Gasteiger partial charge in [-0.25, -0.2) is 13.8 Å². The molecule has 0 aliphatic rings. The molecule has 0 radical (unpaired) electrons. The van der Waals surface area contributed by atoms with E-state index in [-0.39, 0.29) is 5.56 Å². The van der Waals surface area contributed by atoms with Crippen molar-refractivity contribution in [2.24, 2.45) is 7.05 Å². The molecule has 4 nitrogen and oxygen atoms in total. The Morgan fingerprint density at radius 3 is 2.70 bits per heavy atom. The molecular formula is C14H8F2N4. The molecular weight excluding hydrogens is 262 g/mol. The second-order valence-electron chi connectivity index (χ2n) is 4.32. The first-order valence-corrected chi connectivity index (χ1v) is 5.77. The average molecular weight is 270 g/mol. The summed E-state index contributed by atoms with van der Waals surface area (Å²) < 4.78 is 28.5. The number of halogens is 2. The van der Waals surface area contributed by atoms with Crippen LogP contribution in [0.15, 0.2) is 30.6 Å². The number of nitriles is 1. The molecule has 0 aliphatic heterocycles. The topological polar surface area (TPSA) is 54.5 Å². The van der Waals surface area contributed by atoms with Crippen molar-refractivity contribution in [1.82, 2.24) is 14.5 Å². The maximum absolute atomic E-state index is 13.6. The van der Waals surface area contributed by atoms with Gasteiger partial charge in [0.25, 0.3) is 0 Å². The maximum Gasteiger partial charge on any atom is 0.143 e. The monoisotopic (exact) mass is 270 g/mol. The zero-order chi connectivity index (χ0) is 14.3. The third-order valence-corrected chi connectivity index (χ3v) is 3.05. The zero-order valence-electron chi connectivity index (χ0n) is 10.4. The van der Waals surface area contributed by atoms with Crippen molar-refractivity contribution in [3.8, 4) is 17.5 Å². The fourth-order valence-corrected chi connectivity index (χ4v) is 2.09. The van der Waals surface area contributed by atoms with Crippen molar-refractivity contribution in [2.45, 2.75) is 0 Å². The SMILES string of the molecule is Cn1c(-c2cncc(F)c2)nc2cc(F)c(C#N)cc21. The summed E-state index contributed by atoms with van der Waals surface area (Å²) in [6, 6.07) is 5.71. The molecule has 0 bridgehead atoms. The van der Waals surface area contributed by atoms with Gasteiger partial charge in [0.1, 0.15) is 23.5 Å². The molecule has 0 aliphatic carbocycles. The number of fused-ring (bicyclic) bond motifs is 1. The molecule has 0 N–H and O–H groups in total. The largest absolute Gasteiger partial charge is 0.327 e. The fourth-order valence-electron chi connectivity index (χ4n) is 2.09. The molecule has 3 rings (SSSR count). The number of nitrogens with zero attached hydrogens (tertiary/aromatic N) is 4. The fraction of sp³-hybridized carbons (Fsp3) is 0.0714. The van der Waals surface area contributed by atoms with Crippen molar-refractivity contribution in [1.29, 1.82) is 5.26 Å². The minimum Gasteiger partial charge on any atom is -0.327 e. The number of rotatable bonds is 1. The Morgan fingerprint density at radius 1 is 1.20 bits per heavy atom. The number of hydrogen-bond acceptors (Lipinski definition) is 3. The number of pyridine rings is 1. The molecule has 3 aromatic rings. The molecule has 1 aromatic carbocycles. The molecule has 0 spiro atoms. The van der Waals surface area contributed by atoms with Crippen LogP contribution in [-0.4, -0.2) is 14.5 Å². The summed E-state index contributed by atoms with van der Waals surface area (Å²) >= 11 is 0. The second-order valence-corrected chi connectivity index (χ2v) is 4.32. The van der Waals surface area contributed by atoms with Gasteiger partial charge in [0.05, 0.1) is 22.8 Å². The minimum atomic E-state index is -0.623. The van der Waals surface area contributed by atoms with E-state index >= 15 is 0 Å². The van der Waals surface area contributed by atoms with Crippen molar-refractivity contribution < 1.29 is 8.78 Å². The van der Waals surface area contributed by atoms with E-state index in [1.807, 2.05) is 0 Å². The van der Waals surface area contributed by atoms with E-state index in [0.717, 1.165) is 6.20 Å². The summed E-state index contributed by atoms with van der Waals surface area (Å²) in [5, 5.41) is 8.85. The second kappa shape index (κ2) is 4.38. The lowest BCUT2D eigenvalue weighted by atomic mass is 10.2. The smallest absolute Gasteiger partial charge is 0.143 e. The van der Waals surface area contributed by atoms with Gasteiger partial charge >= 0.3 is 0 Å². The van der Waals surface area contributed by atoms with Gasteiger partial charge in [0.2, 0.25) is 0 Å². The predicted molar refractivity (Wildman–Crippen MR) is 68.6 cm³/mol. The Balaban J connectivity index is 2.29. The quantitative estimate of drug-likeness (QED) is 0.683. The van der Waals surface area contributed by atoms with Gasteiger partial charge in [-0.2, -0.15) is 5.26 Å². The molecule has 0 unspecified atom stereocenters. The van der Waals surface area contributed by atoms with Crippen LogP contribution in [0.3, 0.4) is 0 Å². The maximum atomic E-state index is 13.6. The van der Waals surface area contributed by atoms with Gasteiger partial charge in [-0.15, -0.1) is 0 Å². The van der Waals surface area contributed by atoms with Crippen LogP contribution < -0.4 is 0 Å². The van der Waals surface area contributed by atoms with Crippen LogP contribution in [0.4, 0.5) is 8.78 Å². The molecule has 20 heavy (non-hydrogen) atoms. The van der Waals surface area contributed by atoms with Crippen molar-refractivity contribution in [3.05, 3.63) is 47.8 Å². The average Bonchev–Trinajstić information content (AvgIpc) is 2.74. The number of aryl methyl sites for hydroxylation is 1. The lowest BCUT2D eigenvalue weighted by Crippen LogP contribution is -1.94. The number of aromatic nitrogens is 3. The number of hydrogen-bond donors (Lipinski definition) is 0. The van der Waals surface area contributed by atoms with E-state index in [0.29, 0.717) is 22.4 Å². The normalized spacial score (nSPS) is 10.7. The summed E-state index contributed by atoms with van der Waals surface area (Å²) in [6.07, 6.45) is 2.57. The molecule has 0 saturated carbocycles. The van der Waals surface area contributed by atoms with E-state index in [1.54, 1.807) is 17.7 Å². The van der Waals surface area contributed by atoms with Crippen LogP contribution in [0.5, 0.6) is 0 Å². The first-order chi connectivity index (χ1) is 9.60. The summed E-state index contributed by atoms with van der Waals surface area (Å²) in [7, 11) is 1.72. The number of imidazole rings is 1. The van der Waals surface area contributed by atoms with E-state index < -0.39 is 11.6 Å². The molecule has 2 heterocycles. The molecule has 2 aromatic heterocycles. The molecule has 98 valence electrons. The lowest BCUT2D eigenvalue weighted by Gasteiger charge is -2.02. The van der Waals surface area contributed by atoms with Crippen LogP contribution in [0.1, 0.15) is 5.56 Å². The van der Waals surface area contributed by atoms with Gasteiger partial charge < -0.3 is 4.57 Å². The third-order valence-electron chi connectivity index (χ3n) is 3.05. The lowest BCUT2D eigenvalue weighted by molar-refractivity contribution is 0.621. The summed E-state index contributed by atoms with van der Waals surface area (Å²) in [4.78, 5) is 8.04. The van der Waals surface area contributed by atoms with Gasteiger partial charge in [0, 0.05) is 24.9 Å². The Labute approximate surface area is 112 Å². The van der Waals surface area contributed by atoms with Crippen LogP contribution in [-0.2, 0) is 7.05 Å². The zero-order valence-corrected chi connectivity index (χ0v) is 10.4. The highest BCUT2D eigenvalue weighted by Gasteiger charge is 2.14. The predicted octanol–water partition coefficient (Wildman–Crippen LogP) is 2.79. The van der Waals surface area contributed by atoms with Crippen molar-refractivity contribution in [2.75, 3.05) is 0 Å². The molecule has 6 heteroatoms. The molecule has 0 amide bonds. The summed E-state index contributed by atoms with van der Waals surface area (Å²) in [5.41, 5.74) is 1.44. The summed E-state index contributed by atoms with van der Waals surface area (Å²) in [6.45, 7) is 0. The van der Waals surface area contributed by atoms with Crippen molar-refractivity contribution >= 4 is 11.0 Å². The first-order valence-electron chi connectivity index (χ1n) is 5.77. The van der Waals surface area contributed by atoms with Gasteiger partial charge in [-0.1, -0.05) is 0 Å². The molecule has 0 saturated heterocycles. The van der Waals surface area contributed by atoms with Crippen LogP contribution in [0, 0.1) is 23.0 Å². The highest BCUT2D eigenvalue weighted by Crippen LogP contribution is 2.25. The van der Waals surface area contributed by atoms with Crippen molar-refractivity contribution in [3.63, 3.8) is 0 Å². The van der Waals surface area contributed by atoms with E-state index in [9.17, 15) is 8.78 Å². The van der Waals surface area contributed by atoms with Gasteiger partial charge in [-0.05, 0) is 12.1 Å². The van der Waals surface area contributed by atoms with Gasteiger partial charge in [0.15, 0.2) is 0 Å². The third kappa shape index (κ3) is 1.80. The Hall–Kier alpha value is -2.81. The van der Waals surface area contributed by atoms with Crippen LogP contribution >= 0.6 is 0 Å². The first kappa shape index (κ1) is 12.2. The Kier molecular flexibility index (Phi) is 2.68. The van der Waals surface area contributed by atoms with E-state index in [2.05, 4.69) is 9.97 Å². The Bertz CT molecular complexity index is 861. The van der Waals surface area contributed by atoms with E-state index in [1.165, 1.54) is 24.4 Å². The van der Waals surface area contributed by atoms with Gasteiger partial charge in [-0.3, -0.25) is 4.98 Å². The highest BCUT2D eigenvalue weighted by molar-refractivity contribution is 5.81. The molecule has 0 atom stereocenters. The van der Waals surface area contributed by atoms with E-state index in [4.69, 9.17) is 5.26 Å². The highest BCUT2D eigenvalue weighted by atomic mass is 19.1. The number of benzene rings is 1. The standard InChI is InChI=1S/C14H8F2N4/c1-20-13-3-8(5-17)11(16)4-12(13)19-14(20)9-2-10(15)7-18-6-9/h2-4,6-7H,1H3. The van der Waals surface area contributed by atoms with Crippen LogP contribution in [0.2, 0.25) is 0 Å². The summed E-state index contributed by atoms with van der Waals surface area (Å²) in [5.74, 6) is -0.637. The minimum absolute atomic E-state index is 0.0515.